The van der Waals surface area contributed by atoms with Crippen LogP contribution >= 0.6 is 0 Å². The molecule has 1 atom stereocenters. The average molecular weight is 127 g/mol. The molecule has 1 aromatic heterocycles. The fourth-order valence-electron chi connectivity index (χ4n) is 0.538. The molecule has 1 rings (SSSR count). The molecule has 1 radical (unpaired) electrons. The van der Waals surface area contributed by atoms with Crippen LogP contribution in [-0.4, -0.2) is 26.7 Å². The maximum Gasteiger partial charge on any atom is 0.151 e. The third-order valence-electron chi connectivity index (χ3n) is 0.870. The third kappa shape index (κ3) is 1.77. The van der Waals surface area contributed by atoms with Crippen molar-refractivity contribution in [1.29, 1.82) is 0 Å². The van der Waals surface area contributed by atoms with E-state index in [0.717, 1.165) is 0 Å². The van der Waals surface area contributed by atoms with E-state index in [9.17, 15) is 5.11 Å². The Balaban J connectivity index is 2.48. The van der Waals surface area contributed by atoms with Crippen molar-refractivity contribution in [1.82, 2.24) is 20.6 Å². The highest BCUT2D eigenvalue weighted by Gasteiger charge is 2.02. The van der Waals surface area contributed by atoms with E-state index >= 15 is 0 Å². The van der Waals surface area contributed by atoms with Crippen LogP contribution in [0.25, 0.3) is 0 Å². The minimum absolute atomic E-state index is 0.368. The minimum atomic E-state index is -0.639. The lowest BCUT2D eigenvalue weighted by Crippen LogP contribution is -2.03. The van der Waals surface area contributed by atoms with Crippen molar-refractivity contribution in [2.75, 3.05) is 0 Å². The number of tetrazole rings is 1. The van der Waals surface area contributed by atoms with Gasteiger partial charge in [-0.25, -0.2) is 10.2 Å². The Kier molecular flexibility index (Phi) is 1.74. The number of nitrogens with zero attached hydrogens (tertiary/aromatic N) is 3. The van der Waals surface area contributed by atoms with Crippen LogP contribution in [0.1, 0.15) is 12.7 Å². The monoisotopic (exact) mass is 127 g/mol. The lowest BCUT2D eigenvalue weighted by Gasteiger charge is -1.92. The minimum Gasteiger partial charge on any atom is -0.243 e. The van der Waals surface area contributed by atoms with Gasteiger partial charge in [-0.3, -0.25) is 0 Å². The molecule has 1 unspecified atom stereocenters. The topological polar surface area (TPSA) is 74.4 Å². The van der Waals surface area contributed by atoms with Crippen molar-refractivity contribution in [3.8, 4) is 0 Å². The highest BCUT2D eigenvalue weighted by atomic mass is 16.3. The molecule has 0 bridgehead atoms. The normalized spacial score (nSPS) is 13.6. The van der Waals surface area contributed by atoms with Gasteiger partial charge in [-0.05, 0) is 17.4 Å². The number of hydrogen-bond acceptors (Lipinski definition) is 3. The molecule has 49 valence electrons. The van der Waals surface area contributed by atoms with Gasteiger partial charge in [0.05, 0.1) is 6.10 Å². The Hall–Kier alpha value is -0.970. The first-order chi connectivity index (χ1) is 4.29. The molecule has 1 heterocycles. The predicted molar refractivity (Wildman–Crippen MR) is 28.0 cm³/mol. The zero-order valence-corrected chi connectivity index (χ0v) is 5.03. The average Bonchev–Trinajstić information content (AvgIpc) is 2.15. The molecule has 1 N–H and O–H groups in total. The molecular weight excluding hydrogens is 120 g/mol. The van der Waals surface area contributed by atoms with Crippen LogP contribution in [-0.2, 0) is 11.5 Å². The highest BCUT2D eigenvalue weighted by molar-refractivity contribution is 4.77. The second-order valence-corrected chi connectivity index (χ2v) is 1.86. The molecule has 5 heteroatoms. The fourth-order valence-corrected chi connectivity index (χ4v) is 0.538. The van der Waals surface area contributed by atoms with Crippen LogP contribution in [0.2, 0.25) is 0 Å². The summed E-state index contributed by atoms with van der Waals surface area (Å²) >= 11 is 0. The summed E-state index contributed by atoms with van der Waals surface area (Å²) in [5.74, 6) is 0.553. The fraction of sp³-hybridized carbons (Fsp3) is 0.750. The largest absolute Gasteiger partial charge is 0.243 e. The van der Waals surface area contributed by atoms with Gasteiger partial charge in [0.2, 0.25) is 0 Å². The Morgan fingerprint density at radius 1 is 1.78 bits per heavy atom. The van der Waals surface area contributed by atoms with E-state index in [2.05, 4.69) is 20.6 Å². The molecule has 0 saturated heterocycles. The van der Waals surface area contributed by atoms with Crippen molar-refractivity contribution >= 4 is 0 Å². The van der Waals surface area contributed by atoms with E-state index in [-0.39, 0.29) is 0 Å². The SMILES string of the molecule is CC([O])Cc1nnn[nH]1. The molecule has 0 aliphatic heterocycles. The van der Waals surface area contributed by atoms with Crippen molar-refractivity contribution < 1.29 is 5.11 Å². The summed E-state index contributed by atoms with van der Waals surface area (Å²) < 4.78 is 0. The Bertz CT molecular complexity index is 159. The van der Waals surface area contributed by atoms with Gasteiger partial charge < -0.3 is 0 Å². The van der Waals surface area contributed by atoms with Gasteiger partial charge in [0.15, 0.2) is 5.82 Å². The van der Waals surface area contributed by atoms with Gasteiger partial charge in [-0.15, -0.1) is 5.10 Å². The molecule has 9 heavy (non-hydrogen) atoms. The summed E-state index contributed by atoms with van der Waals surface area (Å²) in [4.78, 5) is 0. The summed E-state index contributed by atoms with van der Waals surface area (Å²) in [5.41, 5.74) is 0. The van der Waals surface area contributed by atoms with Crippen LogP contribution in [0.5, 0.6) is 0 Å². The van der Waals surface area contributed by atoms with Gasteiger partial charge in [0.1, 0.15) is 0 Å². The molecule has 0 aromatic carbocycles. The first kappa shape index (κ1) is 6.15. The summed E-state index contributed by atoms with van der Waals surface area (Å²) in [6, 6.07) is 0. The van der Waals surface area contributed by atoms with Gasteiger partial charge in [-0.1, -0.05) is 0 Å². The summed E-state index contributed by atoms with van der Waals surface area (Å²) in [6.07, 6.45) is -0.271. The number of rotatable bonds is 2. The molecule has 0 fully saturated rings. The summed E-state index contributed by atoms with van der Waals surface area (Å²) in [5, 5.41) is 23.1. The lowest BCUT2D eigenvalue weighted by atomic mass is 10.3. The van der Waals surface area contributed by atoms with Crippen LogP contribution in [0.4, 0.5) is 0 Å². The van der Waals surface area contributed by atoms with E-state index < -0.39 is 6.10 Å². The van der Waals surface area contributed by atoms with E-state index in [1.165, 1.54) is 0 Å². The van der Waals surface area contributed by atoms with Crippen LogP contribution in [0, 0.1) is 0 Å². The quantitative estimate of drug-likeness (QED) is 0.585. The maximum absolute atomic E-state index is 10.5. The van der Waals surface area contributed by atoms with Crippen molar-refractivity contribution in [3.05, 3.63) is 5.82 Å². The van der Waals surface area contributed by atoms with Gasteiger partial charge in [0.25, 0.3) is 0 Å². The Morgan fingerprint density at radius 2 is 2.56 bits per heavy atom. The van der Waals surface area contributed by atoms with Gasteiger partial charge >= 0.3 is 0 Å². The number of aromatic nitrogens is 4. The second kappa shape index (κ2) is 2.54. The molecule has 0 amide bonds. The van der Waals surface area contributed by atoms with Crippen molar-refractivity contribution in [2.45, 2.75) is 19.4 Å². The third-order valence-corrected chi connectivity index (χ3v) is 0.870. The smallest absolute Gasteiger partial charge is 0.151 e. The van der Waals surface area contributed by atoms with Crippen LogP contribution in [0.3, 0.4) is 0 Å². The van der Waals surface area contributed by atoms with E-state index in [1.807, 2.05) is 0 Å². The number of hydrogen-bond donors (Lipinski definition) is 1. The first-order valence-corrected chi connectivity index (χ1v) is 2.67. The summed E-state index contributed by atoms with van der Waals surface area (Å²) in [7, 11) is 0. The number of H-pyrrole nitrogens is 1. The standard InChI is InChI=1S/C4H7N4O/c1-3(9)2-4-5-7-8-6-4/h3H,2H2,1H3,(H,5,6,7,8). The number of nitrogens with one attached hydrogen (secondary N) is 1. The van der Waals surface area contributed by atoms with Gasteiger partial charge in [0, 0.05) is 6.42 Å². The lowest BCUT2D eigenvalue weighted by molar-refractivity contribution is 0.104. The van der Waals surface area contributed by atoms with Crippen molar-refractivity contribution in [3.63, 3.8) is 0 Å². The molecule has 1 aromatic rings. The van der Waals surface area contributed by atoms with Crippen LogP contribution < -0.4 is 0 Å². The Morgan fingerprint density at radius 3 is 3.00 bits per heavy atom. The van der Waals surface area contributed by atoms with Gasteiger partial charge in [-0.2, -0.15) is 0 Å². The zero-order chi connectivity index (χ0) is 6.69. The second-order valence-electron chi connectivity index (χ2n) is 1.86. The predicted octanol–water partition coefficient (Wildman–Crippen LogP) is -0.439. The number of aromatic amines is 1. The molecule has 0 aliphatic rings. The van der Waals surface area contributed by atoms with Crippen molar-refractivity contribution in [2.24, 2.45) is 0 Å². The van der Waals surface area contributed by atoms with E-state index in [1.54, 1.807) is 6.92 Å². The van der Waals surface area contributed by atoms with E-state index in [0.29, 0.717) is 12.2 Å². The van der Waals surface area contributed by atoms with Crippen LogP contribution in [0.15, 0.2) is 0 Å². The molecule has 0 saturated carbocycles. The molecule has 0 spiro atoms. The molecular formula is C4H7N4O. The summed E-state index contributed by atoms with van der Waals surface area (Å²) in [6.45, 7) is 1.57. The Labute approximate surface area is 52.1 Å². The molecule has 5 nitrogen and oxygen atoms in total. The van der Waals surface area contributed by atoms with E-state index in [4.69, 9.17) is 0 Å². The zero-order valence-electron chi connectivity index (χ0n) is 5.03. The maximum atomic E-state index is 10.5. The molecule has 0 aliphatic carbocycles. The highest BCUT2D eigenvalue weighted by Crippen LogP contribution is 1.91. The first-order valence-electron chi connectivity index (χ1n) is 2.67.